The summed E-state index contributed by atoms with van der Waals surface area (Å²) in [7, 11) is 1.95. The van der Waals surface area contributed by atoms with Crippen LogP contribution in [0.5, 0.6) is 0 Å². The van der Waals surface area contributed by atoms with Crippen molar-refractivity contribution in [1.82, 2.24) is 20.0 Å². The quantitative estimate of drug-likeness (QED) is 0.692. The number of nitrogens with one attached hydrogen (secondary N) is 1. The van der Waals surface area contributed by atoms with Crippen LogP contribution in [0, 0.1) is 5.82 Å². The smallest absolute Gasteiger partial charge is 0.194 e. The Kier molecular flexibility index (Phi) is 5.13. The molecular weight excluding hydrogens is 305 g/mol. The summed E-state index contributed by atoms with van der Waals surface area (Å²) in [4.78, 5) is 7.01. The number of likely N-dealkylation sites (tertiary alicyclic amines) is 1. The predicted octanol–water partition coefficient (Wildman–Crippen LogP) is 2.51. The van der Waals surface area contributed by atoms with Gasteiger partial charge in [-0.2, -0.15) is 5.10 Å². The topological polar surface area (TPSA) is 45.5 Å². The zero-order chi connectivity index (χ0) is 16.9. The lowest BCUT2D eigenvalue weighted by Gasteiger charge is -2.21. The van der Waals surface area contributed by atoms with Gasteiger partial charge in [-0.25, -0.2) is 9.38 Å². The molecule has 0 radical (unpaired) electrons. The van der Waals surface area contributed by atoms with Gasteiger partial charge in [-0.05, 0) is 36.6 Å². The summed E-state index contributed by atoms with van der Waals surface area (Å²) in [5.41, 5.74) is 2.30. The lowest BCUT2D eigenvalue weighted by Crippen LogP contribution is -2.40. The fourth-order valence-corrected chi connectivity index (χ4v) is 3.06. The number of halogens is 1. The van der Waals surface area contributed by atoms with Gasteiger partial charge in [0, 0.05) is 38.8 Å². The van der Waals surface area contributed by atoms with Crippen LogP contribution in [0.3, 0.4) is 0 Å². The number of aromatic nitrogens is 2. The van der Waals surface area contributed by atoms with E-state index >= 15 is 0 Å². The fourth-order valence-electron chi connectivity index (χ4n) is 3.06. The third-order valence-electron chi connectivity index (χ3n) is 4.34. The van der Waals surface area contributed by atoms with E-state index in [1.54, 1.807) is 12.1 Å². The Morgan fingerprint density at radius 1 is 1.38 bits per heavy atom. The first kappa shape index (κ1) is 16.5. The number of rotatable bonds is 4. The Hall–Kier alpha value is -2.37. The van der Waals surface area contributed by atoms with Gasteiger partial charge < -0.3 is 10.2 Å². The summed E-state index contributed by atoms with van der Waals surface area (Å²) in [6.07, 6.45) is 5.15. The van der Waals surface area contributed by atoms with Gasteiger partial charge in [-0.3, -0.25) is 4.68 Å². The number of aliphatic imine (C=N–C) groups is 1. The lowest BCUT2D eigenvalue weighted by atomic mass is 10.0. The van der Waals surface area contributed by atoms with E-state index in [0.717, 1.165) is 37.6 Å². The molecule has 1 fully saturated rings. The number of benzene rings is 1. The number of hydrogen-bond acceptors (Lipinski definition) is 2. The molecule has 2 aromatic rings. The van der Waals surface area contributed by atoms with Crippen molar-refractivity contribution in [2.75, 3.05) is 19.6 Å². The van der Waals surface area contributed by atoms with Crippen molar-refractivity contribution in [2.45, 2.75) is 25.8 Å². The highest BCUT2D eigenvalue weighted by atomic mass is 19.1. The van der Waals surface area contributed by atoms with E-state index in [-0.39, 0.29) is 5.82 Å². The van der Waals surface area contributed by atoms with Crippen LogP contribution >= 0.6 is 0 Å². The first-order chi connectivity index (χ1) is 11.7. The van der Waals surface area contributed by atoms with Crippen molar-refractivity contribution in [3.05, 3.63) is 53.6 Å². The van der Waals surface area contributed by atoms with Crippen LogP contribution in [0.4, 0.5) is 4.39 Å². The van der Waals surface area contributed by atoms with Crippen LogP contribution in [0.1, 0.15) is 30.4 Å². The molecule has 1 unspecified atom stereocenters. The molecule has 128 valence electrons. The number of hydrogen-bond donors (Lipinski definition) is 1. The van der Waals surface area contributed by atoms with Crippen LogP contribution in [0.2, 0.25) is 0 Å². The predicted molar refractivity (Wildman–Crippen MR) is 93.4 cm³/mol. The number of aryl methyl sites for hydroxylation is 1. The first-order valence-electron chi connectivity index (χ1n) is 8.42. The number of nitrogens with zero attached hydrogens (tertiary/aromatic N) is 4. The zero-order valence-electron chi connectivity index (χ0n) is 14.2. The summed E-state index contributed by atoms with van der Waals surface area (Å²) in [6.45, 7) is 5.38. The molecule has 5 nitrogen and oxygen atoms in total. The molecule has 0 aliphatic carbocycles. The number of guanidine groups is 1. The summed E-state index contributed by atoms with van der Waals surface area (Å²) < 4.78 is 14.8. The Morgan fingerprint density at radius 3 is 2.83 bits per heavy atom. The van der Waals surface area contributed by atoms with Crippen molar-refractivity contribution >= 4 is 5.96 Å². The SMILES string of the molecule is CCNC(=NCc1ccc(F)cc1)N1CCC(c2cnn(C)c2)C1. The maximum Gasteiger partial charge on any atom is 0.194 e. The van der Waals surface area contributed by atoms with Crippen molar-refractivity contribution in [2.24, 2.45) is 12.0 Å². The highest BCUT2D eigenvalue weighted by Gasteiger charge is 2.26. The Labute approximate surface area is 142 Å². The Bertz CT molecular complexity index is 692. The molecule has 1 aliphatic heterocycles. The minimum absolute atomic E-state index is 0.214. The average molecular weight is 329 g/mol. The standard InChI is InChI=1S/C18H24FN5/c1-3-20-18(21-10-14-4-6-17(19)7-5-14)24-9-8-15(13-24)16-11-22-23(2)12-16/h4-7,11-12,15H,3,8-10,13H2,1-2H3,(H,20,21). The summed E-state index contributed by atoms with van der Waals surface area (Å²) in [6, 6.07) is 6.52. The summed E-state index contributed by atoms with van der Waals surface area (Å²) in [5.74, 6) is 1.20. The molecule has 1 aromatic heterocycles. The first-order valence-corrected chi connectivity index (χ1v) is 8.42. The molecule has 1 aromatic carbocycles. The Morgan fingerprint density at radius 2 is 2.17 bits per heavy atom. The molecule has 0 amide bonds. The van der Waals surface area contributed by atoms with Gasteiger partial charge in [0.1, 0.15) is 5.82 Å². The van der Waals surface area contributed by atoms with E-state index in [2.05, 4.69) is 28.4 Å². The van der Waals surface area contributed by atoms with Crippen LogP contribution in [-0.4, -0.2) is 40.3 Å². The van der Waals surface area contributed by atoms with Gasteiger partial charge in [0.2, 0.25) is 0 Å². The summed E-state index contributed by atoms with van der Waals surface area (Å²) in [5, 5.41) is 7.64. The average Bonchev–Trinajstić information content (AvgIpc) is 3.22. The normalized spacial score (nSPS) is 18.2. The van der Waals surface area contributed by atoms with Gasteiger partial charge >= 0.3 is 0 Å². The third kappa shape index (κ3) is 3.93. The van der Waals surface area contributed by atoms with Crippen LogP contribution in [0.15, 0.2) is 41.7 Å². The van der Waals surface area contributed by atoms with E-state index < -0.39 is 0 Å². The molecule has 0 bridgehead atoms. The minimum Gasteiger partial charge on any atom is -0.357 e. The van der Waals surface area contributed by atoms with Gasteiger partial charge in [0.05, 0.1) is 12.7 Å². The minimum atomic E-state index is -0.214. The third-order valence-corrected chi connectivity index (χ3v) is 4.34. The van der Waals surface area contributed by atoms with E-state index in [1.807, 2.05) is 17.9 Å². The highest BCUT2D eigenvalue weighted by molar-refractivity contribution is 5.80. The van der Waals surface area contributed by atoms with Gasteiger partial charge in [0.15, 0.2) is 5.96 Å². The van der Waals surface area contributed by atoms with Crippen LogP contribution in [-0.2, 0) is 13.6 Å². The lowest BCUT2D eigenvalue weighted by molar-refractivity contribution is 0.486. The van der Waals surface area contributed by atoms with Gasteiger partial charge in [-0.1, -0.05) is 12.1 Å². The van der Waals surface area contributed by atoms with E-state index in [0.29, 0.717) is 12.5 Å². The fraction of sp³-hybridized carbons (Fsp3) is 0.444. The summed E-state index contributed by atoms with van der Waals surface area (Å²) >= 11 is 0. The maximum atomic E-state index is 13.0. The second kappa shape index (κ2) is 7.47. The second-order valence-electron chi connectivity index (χ2n) is 6.18. The van der Waals surface area contributed by atoms with Crippen molar-refractivity contribution in [3.8, 4) is 0 Å². The molecule has 2 heterocycles. The van der Waals surface area contributed by atoms with Gasteiger partial charge in [-0.15, -0.1) is 0 Å². The van der Waals surface area contributed by atoms with Crippen molar-refractivity contribution < 1.29 is 4.39 Å². The monoisotopic (exact) mass is 329 g/mol. The second-order valence-corrected chi connectivity index (χ2v) is 6.18. The van der Waals surface area contributed by atoms with Crippen LogP contribution < -0.4 is 5.32 Å². The molecule has 0 saturated carbocycles. The van der Waals surface area contributed by atoms with Gasteiger partial charge in [0.25, 0.3) is 0 Å². The van der Waals surface area contributed by atoms with E-state index in [9.17, 15) is 4.39 Å². The molecule has 24 heavy (non-hydrogen) atoms. The maximum absolute atomic E-state index is 13.0. The van der Waals surface area contributed by atoms with Crippen molar-refractivity contribution in [1.29, 1.82) is 0 Å². The molecule has 1 aliphatic rings. The highest BCUT2D eigenvalue weighted by Crippen LogP contribution is 2.26. The Balaban J connectivity index is 1.66. The van der Waals surface area contributed by atoms with E-state index in [1.165, 1.54) is 17.7 Å². The molecule has 1 N–H and O–H groups in total. The molecule has 6 heteroatoms. The molecule has 1 atom stereocenters. The zero-order valence-corrected chi connectivity index (χ0v) is 14.2. The molecule has 1 saturated heterocycles. The van der Waals surface area contributed by atoms with E-state index in [4.69, 9.17) is 4.99 Å². The largest absolute Gasteiger partial charge is 0.357 e. The van der Waals surface area contributed by atoms with Crippen molar-refractivity contribution in [3.63, 3.8) is 0 Å². The molecule has 0 spiro atoms. The van der Waals surface area contributed by atoms with Crippen LogP contribution in [0.25, 0.3) is 0 Å². The molecule has 3 rings (SSSR count). The molecular formula is C18H24FN5.